The monoisotopic (exact) mass is 870 g/mol. The van der Waals surface area contributed by atoms with Crippen LogP contribution in [0.2, 0.25) is 0 Å². The van der Waals surface area contributed by atoms with E-state index in [4.69, 9.17) is 0 Å². The van der Waals surface area contributed by atoms with E-state index >= 15 is 0 Å². The summed E-state index contributed by atoms with van der Waals surface area (Å²) in [6.45, 7) is 31.7. The van der Waals surface area contributed by atoms with Crippen molar-refractivity contribution in [2.75, 3.05) is 0 Å². The van der Waals surface area contributed by atoms with Crippen molar-refractivity contribution in [2.24, 2.45) is 10.9 Å². The molecule has 0 amide bonds. The zero-order valence-electron chi connectivity index (χ0n) is 41.9. The van der Waals surface area contributed by atoms with Crippen LogP contribution in [0.4, 0.5) is 0 Å². The molecule has 0 bridgehead atoms. The van der Waals surface area contributed by atoms with E-state index in [0.29, 0.717) is 5.92 Å². The predicted molar refractivity (Wildman–Crippen MR) is 296 cm³/mol. The number of rotatable bonds is 12. The van der Waals surface area contributed by atoms with Crippen LogP contribution in [-0.2, 0) is 6.42 Å². The average Bonchev–Trinajstić information content (AvgIpc) is 3.36. The van der Waals surface area contributed by atoms with E-state index in [1.807, 2.05) is 65.0 Å². The van der Waals surface area contributed by atoms with E-state index in [2.05, 4.69) is 230 Å². The number of benzene rings is 7. The Morgan fingerprint density at radius 3 is 1.64 bits per heavy atom. The molecule has 0 aliphatic heterocycles. The number of nitrogens with zero attached hydrogens (tertiary/aromatic N) is 1. The largest absolute Gasteiger partial charge is 0.253 e. The summed E-state index contributed by atoms with van der Waals surface area (Å²) < 4.78 is 0. The molecule has 0 heterocycles. The Morgan fingerprint density at radius 2 is 1.05 bits per heavy atom. The molecular weight excluding hydrogens is 795 g/mol. The van der Waals surface area contributed by atoms with Crippen molar-refractivity contribution < 1.29 is 0 Å². The maximum absolute atomic E-state index is 4.67. The summed E-state index contributed by atoms with van der Waals surface area (Å²) in [5, 5.41) is 0. The van der Waals surface area contributed by atoms with Crippen molar-refractivity contribution in [3.63, 3.8) is 0 Å². The van der Waals surface area contributed by atoms with E-state index in [-0.39, 0.29) is 0 Å². The average molecular weight is 870 g/mol. The molecule has 0 aliphatic rings. The molecule has 0 unspecified atom stereocenters. The fourth-order valence-corrected chi connectivity index (χ4v) is 7.23. The molecule has 1 heteroatoms. The lowest BCUT2D eigenvalue weighted by Crippen LogP contribution is -1.99. The Kier molecular flexibility index (Phi) is 24.0. The fraction of sp³-hybridized carbons (Fsp3) is 0.215. The minimum Gasteiger partial charge on any atom is -0.253 e. The van der Waals surface area contributed by atoms with Crippen molar-refractivity contribution in [3.8, 4) is 33.4 Å². The van der Waals surface area contributed by atoms with Crippen molar-refractivity contribution in [1.29, 1.82) is 0 Å². The molecule has 0 N–H and O–H groups in total. The first-order valence-corrected chi connectivity index (χ1v) is 23.8. The van der Waals surface area contributed by atoms with Crippen LogP contribution < -0.4 is 0 Å². The van der Waals surface area contributed by atoms with Crippen LogP contribution in [0, 0.1) is 26.7 Å². The molecule has 0 aliphatic carbocycles. The highest BCUT2D eigenvalue weighted by Crippen LogP contribution is 2.33. The first kappa shape index (κ1) is 53.5. The SMILES string of the molecule is C=C(/C=C\C=C/CC)c1ccc(-c2ccccc2CC(C)C)c(C)c1C.C=C(N=C(C)c1ccccc1)c1cccc(-c2ccccc2)c1.CC.CC.Cc1ccc(-c2ccccc2)cc1. The molecule has 7 aromatic carbocycles. The van der Waals surface area contributed by atoms with Gasteiger partial charge in [0.1, 0.15) is 0 Å². The molecule has 0 aromatic heterocycles. The molecule has 0 radical (unpaired) electrons. The molecule has 1 nitrogen and oxygen atoms in total. The van der Waals surface area contributed by atoms with Crippen molar-refractivity contribution in [2.45, 2.75) is 89.0 Å². The third kappa shape index (κ3) is 16.9. The second-order valence-corrected chi connectivity index (χ2v) is 16.1. The van der Waals surface area contributed by atoms with Gasteiger partial charge in [-0.15, -0.1) is 0 Å². The number of aliphatic imine (C=N–C) groups is 1. The summed E-state index contributed by atoms with van der Waals surface area (Å²) in [5.74, 6) is 0.651. The lowest BCUT2D eigenvalue weighted by molar-refractivity contribution is 0.648. The van der Waals surface area contributed by atoms with Crippen molar-refractivity contribution in [3.05, 3.63) is 252 Å². The first-order chi connectivity index (χ1) is 32.0. The maximum atomic E-state index is 4.67. The smallest absolute Gasteiger partial charge is 0.0633 e. The van der Waals surface area contributed by atoms with Gasteiger partial charge in [-0.3, -0.25) is 4.99 Å². The summed E-state index contributed by atoms with van der Waals surface area (Å²) in [6.07, 6.45) is 10.6. The third-order valence-electron chi connectivity index (χ3n) is 10.8. The maximum Gasteiger partial charge on any atom is 0.0633 e. The summed E-state index contributed by atoms with van der Waals surface area (Å²) in [5.41, 5.74) is 19.2. The number of hydrogen-bond acceptors (Lipinski definition) is 1. The van der Waals surface area contributed by atoms with Crippen LogP contribution >= 0.6 is 0 Å². The van der Waals surface area contributed by atoms with E-state index in [1.54, 1.807) is 0 Å². The molecule has 0 fully saturated rings. The van der Waals surface area contributed by atoms with E-state index in [0.717, 1.165) is 41.0 Å². The van der Waals surface area contributed by atoms with Crippen molar-refractivity contribution >= 4 is 17.0 Å². The highest BCUT2D eigenvalue weighted by molar-refractivity contribution is 6.01. The molecule has 66 heavy (non-hydrogen) atoms. The zero-order valence-corrected chi connectivity index (χ0v) is 41.9. The molecular formula is C65H75N. The van der Waals surface area contributed by atoms with Gasteiger partial charge in [0.15, 0.2) is 0 Å². The van der Waals surface area contributed by atoms with Gasteiger partial charge in [0.25, 0.3) is 0 Å². The predicted octanol–water partition coefficient (Wildman–Crippen LogP) is 19.3. The van der Waals surface area contributed by atoms with Crippen LogP contribution in [-0.4, -0.2) is 5.71 Å². The first-order valence-electron chi connectivity index (χ1n) is 23.8. The number of allylic oxidation sites excluding steroid dienone is 5. The molecule has 0 atom stereocenters. The normalized spacial score (nSPS) is 10.7. The standard InChI is InChI=1S/C26H32.C22H19N.C13H12.2C2H6/c1-7-8-9-10-13-20(4)24-16-17-25(22(6)21(24)5)26-15-12-11-14-23(26)18-19(2)3;1-17(19-10-5-3-6-11-19)23-18(2)21-14-9-15-22(16-21)20-12-7-4-8-13-20;1-11-7-9-13(10-8-11)12-5-3-2-4-6-12;2*1-2/h8-17,19H,4,7,18H2,1-3,5-6H3;3-16H,2H2,1H3;2-10H,1H3;2*1-2H3/b9-8-,13-10-;;;;. The molecule has 7 rings (SSSR count). The van der Waals surface area contributed by atoms with Crippen molar-refractivity contribution in [1.82, 2.24) is 0 Å². The van der Waals surface area contributed by atoms with E-state index in [1.165, 1.54) is 61.2 Å². The van der Waals surface area contributed by atoms with Crippen LogP contribution in [0.1, 0.15) is 101 Å². The summed E-state index contributed by atoms with van der Waals surface area (Å²) in [7, 11) is 0. The van der Waals surface area contributed by atoms with E-state index in [9.17, 15) is 0 Å². The van der Waals surface area contributed by atoms with E-state index < -0.39 is 0 Å². The highest BCUT2D eigenvalue weighted by Gasteiger charge is 2.13. The van der Waals surface area contributed by atoms with Crippen LogP contribution in [0.15, 0.2) is 218 Å². The molecule has 0 saturated carbocycles. The van der Waals surface area contributed by atoms with Gasteiger partial charge in [0.2, 0.25) is 0 Å². The minimum absolute atomic E-state index is 0.651. The Bertz CT molecular complexity index is 2590. The highest BCUT2D eigenvalue weighted by atomic mass is 14.7. The molecule has 340 valence electrons. The van der Waals surface area contributed by atoms with Gasteiger partial charge in [-0.1, -0.05) is 261 Å². The van der Waals surface area contributed by atoms with Crippen LogP contribution in [0.25, 0.3) is 44.7 Å². The zero-order chi connectivity index (χ0) is 48.3. The second kappa shape index (κ2) is 29.6. The van der Waals surface area contributed by atoms with Gasteiger partial charge in [-0.2, -0.15) is 0 Å². The van der Waals surface area contributed by atoms with Crippen LogP contribution in [0.3, 0.4) is 0 Å². The van der Waals surface area contributed by atoms with Gasteiger partial charge in [-0.05, 0) is 119 Å². The van der Waals surface area contributed by atoms with Gasteiger partial charge >= 0.3 is 0 Å². The summed E-state index contributed by atoms with van der Waals surface area (Å²) in [4.78, 5) is 4.67. The molecule has 7 aromatic rings. The van der Waals surface area contributed by atoms with Gasteiger partial charge in [-0.25, -0.2) is 0 Å². The Morgan fingerprint density at radius 1 is 0.530 bits per heavy atom. The second-order valence-electron chi connectivity index (χ2n) is 16.1. The lowest BCUT2D eigenvalue weighted by atomic mass is 9.87. The topological polar surface area (TPSA) is 12.4 Å². The number of hydrogen-bond donors (Lipinski definition) is 0. The lowest BCUT2D eigenvalue weighted by Gasteiger charge is -2.17. The fourth-order valence-electron chi connectivity index (χ4n) is 7.23. The Balaban J connectivity index is 0.000000264. The van der Waals surface area contributed by atoms with Gasteiger partial charge in [0, 0.05) is 11.3 Å². The molecule has 0 saturated heterocycles. The minimum atomic E-state index is 0.651. The molecule has 0 spiro atoms. The quantitative estimate of drug-likeness (QED) is 0.0857. The summed E-state index contributed by atoms with van der Waals surface area (Å²) in [6, 6.07) is 61.2. The van der Waals surface area contributed by atoms with Crippen LogP contribution in [0.5, 0.6) is 0 Å². The van der Waals surface area contributed by atoms with Gasteiger partial charge in [0.05, 0.1) is 5.70 Å². The Labute approximate surface area is 400 Å². The number of aryl methyl sites for hydroxylation is 1. The Hall–Kier alpha value is -6.83. The van der Waals surface area contributed by atoms with Gasteiger partial charge < -0.3 is 0 Å². The third-order valence-corrected chi connectivity index (χ3v) is 10.8. The summed E-state index contributed by atoms with van der Waals surface area (Å²) >= 11 is 0.